The number of benzene rings is 1. The van der Waals surface area contributed by atoms with E-state index in [-0.39, 0.29) is 17.3 Å². The van der Waals surface area contributed by atoms with Gasteiger partial charge in [0, 0.05) is 12.5 Å². The summed E-state index contributed by atoms with van der Waals surface area (Å²) in [5.41, 5.74) is 12.3. The van der Waals surface area contributed by atoms with E-state index in [2.05, 4.69) is 5.32 Å². The van der Waals surface area contributed by atoms with E-state index < -0.39 is 0 Å². The number of anilines is 3. The van der Waals surface area contributed by atoms with Gasteiger partial charge in [0.05, 0.1) is 17.1 Å². The standard InChI is InChI=1S/C9H11N3O2/c1-5(14)12-7-3-2-6(4-13)8(10)9(7)11/h2-4H,10-11H2,1H3,(H,12,14). The summed E-state index contributed by atoms with van der Waals surface area (Å²) >= 11 is 0. The molecule has 0 spiro atoms. The van der Waals surface area contributed by atoms with Crippen molar-refractivity contribution in [2.45, 2.75) is 6.92 Å². The fraction of sp³-hybridized carbons (Fsp3) is 0.111. The quantitative estimate of drug-likeness (QED) is 0.473. The maximum absolute atomic E-state index is 10.8. The molecule has 0 atom stereocenters. The van der Waals surface area contributed by atoms with Crippen molar-refractivity contribution in [2.24, 2.45) is 0 Å². The van der Waals surface area contributed by atoms with Crippen molar-refractivity contribution in [1.82, 2.24) is 0 Å². The fourth-order valence-corrected chi connectivity index (χ4v) is 1.05. The van der Waals surface area contributed by atoms with Crippen LogP contribution in [-0.4, -0.2) is 12.2 Å². The molecule has 1 aromatic rings. The molecular weight excluding hydrogens is 182 g/mol. The molecule has 0 aliphatic carbocycles. The van der Waals surface area contributed by atoms with Crippen LogP contribution in [0.1, 0.15) is 17.3 Å². The normalized spacial score (nSPS) is 9.50. The average Bonchev–Trinajstić information content (AvgIpc) is 2.13. The Labute approximate surface area is 81.1 Å². The van der Waals surface area contributed by atoms with Gasteiger partial charge in [-0.15, -0.1) is 0 Å². The first kappa shape index (κ1) is 10.0. The molecule has 1 rings (SSSR count). The maximum atomic E-state index is 10.8. The molecule has 0 bridgehead atoms. The van der Waals surface area contributed by atoms with Gasteiger partial charge in [-0.05, 0) is 12.1 Å². The number of aldehydes is 1. The topological polar surface area (TPSA) is 98.2 Å². The number of amides is 1. The predicted octanol–water partition coefficient (Wildman–Crippen LogP) is 0.622. The highest BCUT2D eigenvalue weighted by Crippen LogP contribution is 2.27. The van der Waals surface area contributed by atoms with Gasteiger partial charge in [-0.1, -0.05) is 0 Å². The second-order valence-electron chi connectivity index (χ2n) is 2.83. The average molecular weight is 193 g/mol. The SMILES string of the molecule is CC(=O)Nc1ccc(C=O)c(N)c1N. The Bertz CT molecular complexity index is 388. The number of nitrogen functional groups attached to an aromatic ring is 2. The monoisotopic (exact) mass is 193 g/mol. The van der Waals surface area contributed by atoms with Gasteiger partial charge >= 0.3 is 0 Å². The molecular formula is C9H11N3O2. The fourth-order valence-electron chi connectivity index (χ4n) is 1.05. The molecule has 0 unspecified atom stereocenters. The van der Waals surface area contributed by atoms with Gasteiger partial charge in [0.1, 0.15) is 0 Å². The molecule has 0 aliphatic heterocycles. The third kappa shape index (κ3) is 1.82. The highest BCUT2D eigenvalue weighted by atomic mass is 16.1. The Kier molecular flexibility index (Phi) is 2.71. The largest absolute Gasteiger partial charge is 0.396 e. The molecule has 14 heavy (non-hydrogen) atoms. The summed E-state index contributed by atoms with van der Waals surface area (Å²) in [6.45, 7) is 1.36. The van der Waals surface area contributed by atoms with E-state index in [0.717, 1.165) is 0 Å². The van der Waals surface area contributed by atoms with Gasteiger partial charge in [-0.3, -0.25) is 9.59 Å². The molecule has 5 nitrogen and oxygen atoms in total. The highest BCUT2D eigenvalue weighted by Gasteiger charge is 2.07. The summed E-state index contributed by atoms with van der Waals surface area (Å²) in [4.78, 5) is 21.2. The molecule has 0 saturated carbocycles. The summed E-state index contributed by atoms with van der Waals surface area (Å²) in [6.07, 6.45) is 0.614. The summed E-state index contributed by atoms with van der Waals surface area (Å²) in [6, 6.07) is 3.04. The van der Waals surface area contributed by atoms with Crippen molar-refractivity contribution < 1.29 is 9.59 Å². The molecule has 0 heterocycles. The number of nitrogens with two attached hydrogens (primary N) is 2. The van der Waals surface area contributed by atoms with Crippen molar-refractivity contribution in [3.8, 4) is 0 Å². The Balaban J connectivity index is 3.16. The van der Waals surface area contributed by atoms with Crippen molar-refractivity contribution >= 4 is 29.3 Å². The second kappa shape index (κ2) is 3.78. The van der Waals surface area contributed by atoms with E-state index >= 15 is 0 Å². The first-order valence-electron chi connectivity index (χ1n) is 3.97. The van der Waals surface area contributed by atoms with Crippen LogP contribution >= 0.6 is 0 Å². The van der Waals surface area contributed by atoms with E-state index in [9.17, 15) is 9.59 Å². The Morgan fingerprint density at radius 2 is 2.00 bits per heavy atom. The summed E-state index contributed by atoms with van der Waals surface area (Å²) < 4.78 is 0. The van der Waals surface area contributed by atoms with Crippen molar-refractivity contribution in [1.29, 1.82) is 0 Å². The van der Waals surface area contributed by atoms with Gasteiger partial charge < -0.3 is 16.8 Å². The Hall–Kier alpha value is -2.04. The zero-order valence-electron chi connectivity index (χ0n) is 7.70. The molecule has 0 aliphatic rings. The molecule has 5 heteroatoms. The van der Waals surface area contributed by atoms with Gasteiger partial charge in [-0.2, -0.15) is 0 Å². The third-order valence-electron chi connectivity index (χ3n) is 1.76. The van der Waals surface area contributed by atoms with Crippen LogP contribution in [0.2, 0.25) is 0 Å². The highest BCUT2D eigenvalue weighted by molar-refractivity contribution is 5.98. The van der Waals surface area contributed by atoms with Crippen LogP contribution in [0.25, 0.3) is 0 Å². The molecule has 74 valence electrons. The minimum atomic E-state index is -0.241. The van der Waals surface area contributed by atoms with E-state index in [1.165, 1.54) is 19.1 Å². The Morgan fingerprint density at radius 3 is 2.50 bits per heavy atom. The summed E-state index contributed by atoms with van der Waals surface area (Å²) in [5, 5.41) is 2.51. The van der Waals surface area contributed by atoms with Gasteiger partial charge in [0.2, 0.25) is 5.91 Å². The lowest BCUT2D eigenvalue weighted by Crippen LogP contribution is -2.10. The molecule has 0 fully saturated rings. The molecule has 1 amide bonds. The van der Waals surface area contributed by atoms with Crippen LogP contribution in [0.4, 0.5) is 17.1 Å². The number of rotatable bonds is 2. The second-order valence-corrected chi connectivity index (χ2v) is 2.83. The number of nitrogens with one attached hydrogen (secondary N) is 1. The third-order valence-corrected chi connectivity index (χ3v) is 1.76. The first-order chi connectivity index (χ1) is 6.56. The first-order valence-corrected chi connectivity index (χ1v) is 3.97. The minimum absolute atomic E-state index is 0.186. The van der Waals surface area contributed by atoms with E-state index in [4.69, 9.17) is 11.5 Å². The van der Waals surface area contributed by atoms with E-state index in [0.29, 0.717) is 17.5 Å². The van der Waals surface area contributed by atoms with Crippen LogP contribution in [0, 0.1) is 0 Å². The van der Waals surface area contributed by atoms with Crippen molar-refractivity contribution in [3.63, 3.8) is 0 Å². The van der Waals surface area contributed by atoms with E-state index in [1.807, 2.05) is 0 Å². The molecule has 0 aromatic heterocycles. The van der Waals surface area contributed by atoms with Crippen LogP contribution < -0.4 is 16.8 Å². The van der Waals surface area contributed by atoms with Gasteiger partial charge in [0.15, 0.2) is 6.29 Å². The lowest BCUT2D eigenvalue weighted by atomic mass is 10.1. The van der Waals surface area contributed by atoms with Crippen molar-refractivity contribution in [3.05, 3.63) is 17.7 Å². The molecule has 1 aromatic carbocycles. The lowest BCUT2D eigenvalue weighted by Gasteiger charge is -2.09. The molecule has 0 radical (unpaired) electrons. The van der Waals surface area contributed by atoms with Crippen LogP contribution in [0.5, 0.6) is 0 Å². The summed E-state index contributed by atoms with van der Waals surface area (Å²) in [5.74, 6) is -0.241. The number of carbonyl (C=O) groups excluding carboxylic acids is 2. The van der Waals surface area contributed by atoms with Gasteiger partial charge in [0.25, 0.3) is 0 Å². The molecule has 5 N–H and O–H groups in total. The lowest BCUT2D eigenvalue weighted by molar-refractivity contribution is -0.114. The van der Waals surface area contributed by atoms with Crippen molar-refractivity contribution in [2.75, 3.05) is 16.8 Å². The predicted molar refractivity (Wildman–Crippen MR) is 55.0 cm³/mol. The van der Waals surface area contributed by atoms with Crippen LogP contribution in [-0.2, 0) is 4.79 Å². The Morgan fingerprint density at radius 1 is 1.36 bits per heavy atom. The van der Waals surface area contributed by atoms with Gasteiger partial charge in [-0.25, -0.2) is 0 Å². The zero-order chi connectivity index (χ0) is 10.7. The summed E-state index contributed by atoms with van der Waals surface area (Å²) in [7, 11) is 0. The molecule has 0 saturated heterocycles. The number of carbonyl (C=O) groups is 2. The van der Waals surface area contributed by atoms with Crippen LogP contribution in [0.15, 0.2) is 12.1 Å². The smallest absolute Gasteiger partial charge is 0.221 e. The van der Waals surface area contributed by atoms with E-state index in [1.54, 1.807) is 0 Å². The maximum Gasteiger partial charge on any atom is 0.221 e. The van der Waals surface area contributed by atoms with Crippen LogP contribution in [0.3, 0.4) is 0 Å². The number of hydrogen-bond acceptors (Lipinski definition) is 4. The number of hydrogen-bond donors (Lipinski definition) is 3. The minimum Gasteiger partial charge on any atom is -0.396 e. The zero-order valence-corrected chi connectivity index (χ0v) is 7.70.